The maximum absolute atomic E-state index is 13.1. The Balaban J connectivity index is 2.32. The van der Waals surface area contributed by atoms with Gasteiger partial charge in [0.1, 0.15) is 0 Å². The molecule has 29 heavy (non-hydrogen) atoms. The zero-order valence-corrected chi connectivity index (χ0v) is 16.8. The lowest BCUT2D eigenvalue weighted by atomic mass is 10.2. The molecule has 2 aromatic rings. The van der Waals surface area contributed by atoms with E-state index in [9.17, 15) is 13.2 Å². The van der Waals surface area contributed by atoms with Crippen molar-refractivity contribution in [1.29, 1.82) is 0 Å². The highest BCUT2D eigenvalue weighted by Gasteiger charge is 2.36. The van der Waals surface area contributed by atoms with E-state index in [1.807, 2.05) is 6.92 Å². The number of halogens is 3. The van der Waals surface area contributed by atoms with E-state index in [1.54, 1.807) is 12.1 Å². The number of methoxy groups -OCH3 is 3. The quantitative estimate of drug-likeness (QED) is 0.534. The van der Waals surface area contributed by atoms with Gasteiger partial charge >= 0.3 is 6.18 Å². The number of guanidine groups is 1. The van der Waals surface area contributed by atoms with Gasteiger partial charge in [0.2, 0.25) is 5.75 Å². The SMILES string of the molecule is CCNC(=NCc1cn(C)nc1C(F)(F)F)Nc1cc(OC)c(OC)c(OC)c1. The van der Waals surface area contributed by atoms with E-state index in [1.165, 1.54) is 34.6 Å². The molecule has 2 N–H and O–H groups in total. The number of hydrogen-bond donors (Lipinski definition) is 2. The summed E-state index contributed by atoms with van der Waals surface area (Å²) in [5, 5.41) is 9.51. The molecule has 0 aliphatic rings. The van der Waals surface area contributed by atoms with Gasteiger partial charge in [-0.05, 0) is 6.92 Å². The van der Waals surface area contributed by atoms with Crippen LogP contribution in [0.2, 0.25) is 0 Å². The number of nitrogens with zero attached hydrogens (tertiary/aromatic N) is 3. The molecule has 0 atom stereocenters. The average Bonchev–Trinajstić information content (AvgIpc) is 3.06. The minimum Gasteiger partial charge on any atom is -0.493 e. The summed E-state index contributed by atoms with van der Waals surface area (Å²) >= 11 is 0. The van der Waals surface area contributed by atoms with Crippen LogP contribution in [0.3, 0.4) is 0 Å². The molecular formula is C18H24F3N5O3. The summed E-state index contributed by atoms with van der Waals surface area (Å²) in [5.41, 5.74) is -0.420. The molecule has 11 heteroatoms. The lowest BCUT2D eigenvalue weighted by Gasteiger charge is -2.16. The van der Waals surface area contributed by atoms with E-state index in [2.05, 4.69) is 20.7 Å². The van der Waals surface area contributed by atoms with Crippen LogP contribution >= 0.6 is 0 Å². The van der Waals surface area contributed by atoms with Crippen LogP contribution in [0.25, 0.3) is 0 Å². The summed E-state index contributed by atoms with van der Waals surface area (Å²) in [7, 11) is 5.90. The van der Waals surface area contributed by atoms with E-state index in [0.717, 1.165) is 4.68 Å². The number of aliphatic imine (C=N–C) groups is 1. The van der Waals surface area contributed by atoms with Crippen molar-refractivity contribution in [2.45, 2.75) is 19.6 Å². The first kappa shape index (κ1) is 22.2. The Labute approximate surface area is 166 Å². The maximum Gasteiger partial charge on any atom is 0.435 e. The monoisotopic (exact) mass is 415 g/mol. The lowest BCUT2D eigenvalue weighted by molar-refractivity contribution is -0.142. The van der Waals surface area contributed by atoms with E-state index < -0.39 is 11.9 Å². The van der Waals surface area contributed by atoms with Crippen molar-refractivity contribution in [3.63, 3.8) is 0 Å². The number of benzene rings is 1. The molecule has 1 aromatic heterocycles. The van der Waals surface area contributed by atoms with Gasteiger partial charge in [0.15, 0.2) is 23.2 Å². The van der Waals surface area contributed by atoms with Crippen molar-refractivity contribution in [2.75, 3.05) is 33.2 Å². The number of aryl methyl sites for hydroxylation is 1. The Morgan fingerprint density at radius 2 is 1.76 bits per heavy atom. The summed E-state index contributed by atoms with van der Waals surface area (Å²) in [6.07, 6.45) is -3.25. The van der Waals surface area contributed by atoms with Crippen LogP contribution < -0.4 is 24.8 Å². The van der Waals surface area contributed by atoms with Crippen LogP contribution in [0.5, 0.6) is 17.2 Å². The first-order chi connectivity index (χ1) is 13.7. The molecule has 160 valence electrons. The molecule has 0 radical (unpaired) electrons. The fourth-order valence-electron chi connectivity index (χ4n) is 2.65. The van der Waals surface area contributed by atoms with E-state index >= 15 is 0 Å². The highest BCUT2D eigenvalue weighted by atomic mass is 19.4. The van der Waals surface area contributed by atoms with Crippen LogP contribution in [0, 0.1) is 0 Å². The first-order valence-electron chi connectivity index (χ1n) is 8.68. The minimum absolute atomic E-state index is 0.0258. The minimum atomic E-state index is -4.55. The largest absolute Gasteiger partial charge is 0.493 e. The molecule has 0 saturated heterocycles. The van der Waals surface area contributed by atoms with E-state index in [4.69, 9.17) is 14.2 Å². The van der Waals surface area contributed by atoms with Crippen LogP contribution in [0.1, 0.15) is 18.2 Å². The molecular weight excluding hydrogens is 391 g/mol. The predicted octanol–water partition coefficient (Wildman–Crippen LogP) is 3.04. The number of ether oxygens (including phenoxy) is 3. The van der Waals surface area contributed by atoms with Crippen molar-refractivity contribution in [3.8, 4) is 17.2 Å². The molecule has 1 aromatic carbocycles. The van der Waals surface area contributed by atoms with Crippen molar-refractivity contribution < 1.29 is 27.4 Å². The fraction of sp³-hybridized carbons (Fsp3) is 0.444. The van der Waals surface area contributed by atoms with Crippen LogP contribution in [-0.4, -0.2) is 43.6 Å². The Bertz CT molecular complexity index is 840. The molecule has 0 amide bonds. The smallest absolute Gasteiger partial charge is 0.435 e. The van der Waals surface area contributed by atoms with Gasteiger partial charge in [-0.2, -0.15) is 18.3 Å². The Morgan fingerprint density at radius 1 is 1.14 bits per heavy atom. The van der Waals surface area contributed by atoms with Gasteiger partial charge in [-0.25, -0.2) is 4.99 Å². The van der Waals surface area contributed by atoms with Crippen molar-refractivity contribution >= 4 is 11.6 Å². The molecule has 0 aliphatic heterocycles. The molecule has 2 rings (SSSR count). The standard InChI is InChI=1S/C18H24F3N5O3/c1-6-22-17(23-9-11-10-26(2)25-16(11)18(19,20)21)24-12-7-13(27-3)15(29-5)14(8-12)28-4/h7-8,10H,6,9H2,1-5H3,(H2,22,23,24). The number of aromatic nitrogens is 2. The summed E-state index contributed by atoms with van der Waals surface area (Å²) in [5.74, 6) is 1.57. The fourth-order valence-corrected chi connectivity index (χ4v) is 2.65. The Morgan fingerprint density at radius 3 is 2.24 bits per heavy atom. The third-order valence-corrected chi connectivity index (χ3v) is 3.85. The molecule has 1 heterocycles. The molecule has 0 bridgehead atoms. The zero-order chi connectivity index (χ0) is 21.6. The highest BCUT2D eigenvalue weighted by molar-refractivity contribution is 5.94. The van der Waals surface area contributed by atoms with Gasteiger partial charge in [0.05, 0.1) is 27.9 Å². The third kappa shape index (κ3) is 5.46. The van der Waals surface area contributed by atoms with Crippen LogP contribution in [0.4, 0.5) is 18.9 Å². The number of anilines is 1. The molecule has 0 saturated carbocycles. The van der Waals surface area contributed by atoms with Gasteiger partial charge in [0.25, 0.3) is 0 Å². The second-order valence-electron chi connectivity index (χ2n) is 5.91. The molecule has 8 nitrogen and oxygen atoms in total. The summed E-state index contributed by atoms with van der Waals surface area (Å²) < 4.78 is 56.4. The predicted molar refractivity (Wildman–Crippen MR) is 103 cm³/mol. The third-order valence-electron chi connectivity index (χ3n) is 3.85. The Hall–Kier alpha value is -3.11. The van der Waals surface area contributed by atoms with Crippen molar-refractivity contribution in [1.82, 2.24) is 15.1 Å². The van der Waals surface area contributed by atoms with Gasteiger partial charge in [-0.15, -0.1) is 0 Å². The number of nitrogens with one attached hydrogen (secondary N) is 2. The average molecular weight is 415 g/mol. The zero-order valence-electron chi connectivity index (χ0n) is 16.8. The van der Waals surface area contributed by atoms with Crippen LogP contribution in [0.15, 0.2) is 23.3 Å². The summed E-state index contributed by atoms with van der Waals surface area (Å²) in [6.45, 7) is 2.15. The number of hydrogen-bond acceptors (Lipinski definition) is 5. The number of alkyl halides is 3. The Kier molecular flexibility index (Phi) is 7.18. The van der Waals surface area contributed by atoms with Crippen molar-refractivity contribution in [3.05, 3.63) is 29.6 Å². The van der Waals surface area contributed by atoms with Gasteiger partial charge < -0.3 is 24.8 Å². The molecule has 0 spiro atoms. The highest BCUT2D eigenvalue weighted by Crippen LogP contribution is 2.40. The van der Waals surface area contributed by atoms with Crippen molar-refractivity contribution in [2.24, 2.45) is 12.0 Å². The first-order valence-corrected chi connectivity index (χ1v) is 8.68. The van der Waals surface area contributed by atoms with Gasteiger partial charge in [0, 0.05) is 43.2 Å². The normalized spacial score (nSPS) is 11.9. The second-order valence-corrected chi connectivity index (χ2v) is 5.91. The molecule has 0 unspecified atom stereocenters. The van der Waals surface area contributed by atoms with Gasteiger partial charge in [-0.3, -0.25) is 4.68 Å². The molecule has 0 aliphatic carbocycles. The molecule has 0 fully saturated rings. The van der Waals surface area contributed by atoms with Gasteiger partial charge in [-0.1, -0.05) is 0 Å². The van der Waals surface area contributed by atoms with Crippen LogP contribution in [-0.2, 0) is 19.8 Å². The number of rotatable bonds is 7. The topological polar surface area (TPSA) is 81.9 Å². The van der Waals surface area contributed by atoms with E-state index in [-0.39, 0.29) is 12.1 Å². The maximum atomic E-state index is 13.1. The summed E-state index contributed by atoms with van der Waals surface area (Å²) in [4.78, 5) is 4.25. The van der Waals surface area contributed by atoms with E-state index in [0.29, 0.717) is 35.4 Å². The summed E-state index contributed by atoms with van der Waals surface area (Å²) in [6, 6.07) is 3.33. The lowest BCUT2D eigenvalue weighted by Crippen LogP contribution is -2.30. The second kappa shape index (κ2) is 9.39.